The van der Waals surface area contributed by atoms with Crippen molar-refractivity contribution in [2.24, 2.45) is 5.92 Å². The quantitative estimate of drug-likeness (QED) is 0.507. The van der Waals surface area contributed by atoms with Gasteiger partial charge in [0.25, 0.3) is 0 Å². The minimum atomic E-state index is -0.908. The first-order valence-electron chi connectivity index (χ1n) is 6.34. The van der Waals surface area contributed by atoms with Gasteiger partial charge >= 0.3 is 0 Å². The van der Waals surface area contributed by atoms with E-state index >= 15 is 0 Å². The summed E-state index contributed by atoms with van der Waals surface area (Å²) in [5, 5.41) is 30.5. The summed E-state index contributed by atoms with van der Waals surface area (Å²) in [6, 6.07) is 0. The van der Waals surface area contributed by atoms with Crippen LogP contribution in [-0.4, -0.2) is 47.2 Å². The first-order valence-corrected chi connectivity index (χ1v) is 6.34. The lowest BCUT2D eigenvalue weighted by molar-refractivity contribution is 0.0414. The number of rotatable bonds is 7. The Balaban J connectivity index is 2.21. The highest BCUT2D eigenvalue weighted by molar-refractivity contribution is 4.86. The molecule has 1 saturated carbocycles. The van der Waals surface area contributed by atoms with Gasteiger partial charge in [-0.1, -0.05) is 32.1 Å². The molecule has 0 aromatic heterocycles. The van der Waals surface area contributed by atoms with E-state index in [1.165, 1.54) is 32.1 Å². The molecule has 0 aliphatic heterocycles. The molecule has 0 aromatic carbocycles. The van der Waals surface area contributed by atoms with Gasteiger partial charge in [-0.15, -0.1) is 0 Å². The Kier molecular flexibility index (Phi) is 6.28. The fourth-order valence-corrected chi connectivity index (χ4v) is 2.33. The highest BCUT2D eigenvalue weighted by atomic mass is 16.3. The molecule has 4 nitrogen and oxygen atoms in total. The van der Waals surface area contributed by atoms with Crippen molar-refractivity contribution in [3.8, 4) is 0 Å². The third-order valence-corrected chi connectivity index (χ3v) is 3.69. The molecule has 0 saturated heterocycles. The van der Waals surface area contributed by atoms with Crippen LogP contribution in [0.25, 0.3) is 0 Å². The molecule has 0 radical (unpaired) electrons. The van der Waals surface area contributed by atoms with E-state index < -0.39 is 5.54 Å². The van der Waals surface area contributed by atoms with E-state index in [9.17, 15) is 0 Å². The Labute approximate surface area is 97.7 Å². The first-order chi connectivity index (χ1) is 7.76. The molecule has 0 unspecified atom stereocenters. The third-order valence-electron chi connectivity index (χ3n) is 3.69. The Hall–Kier alpha value is -0.160. The van der Waals surface area contributed by atoms with Crippen molar-refractivity contribution in [3.05, 3.63) is 0 Å². The lowest BCUT2D eigenvalue weighted by Crippen LogP contribution is -2.55. The van der Waals surface area contributed by atoms with Crippen LogP contribution in [-0.2, 0) is 0 Å². The van der Waals surface area contributed by atoms with Crippen LogP contribution in [0.15, 0.2) is 0 Å². The maximum atomic E-state index is 9.13. The maximum absolute atomic E-state index is 9.13. The van der Waals surface area contributed by atoms with Crippen LogP contribution in [0, 0.1) is 5.92 Å². The third kappa shape index (κ3) is 4.01. The van der Waals surface area contributed by atoms with Crippen LogP contribution in [0.3, 0.4) is 0 Å². The van der Waals surface area contributed by atoms with Crippen LogP contribution in [0.5, 0.6) is 0 Å². The summed E-state index contributed by atoms with van der Waals surface area (Å²) in [6.07, 6.45) is 7.68. The van der Waals surface area contributed by atoms with Gasteiger partial charge in [-0.3, -0.25) is 0 Å². The van der Waals surface area contributed by atoms with E-state index in [0.29, 0.717) is 0 Å². The molecular formula is C12H25NO3. The van der Waals surface area contributed by atoms with Crippen LogP contribution in [0.4, 0.5) is 0 Å². The molecule has 1 aliphatic carbocycles. The molecule has 96 valence electrons. The fourth-order valence-electron chi connectivity index (χ4n) is 2.33. The molecule has 1 fully saturated rings. The second kappa shape index (κ2) is 7.22. The predicted molar refractivity (Wildman–Crippen MR) is 63.2 cm³/mol. The van der Waals surface area contributed by atoms with Gasteiger partial charge < -0.3 is 20.6 Å². The SMILES string of the molecule is OCC(CO)(CO)NCCC1CCCCC1. The topological polar surface area (TPSA) is 72.7 Å². The lowest BCUT2D eigenvalue weighted by Gasteiger charge is -2.30. The fraction of sp³-hybridized carbons (Fsp3) is 1.00. The highest BCUT2D eigenvalue weighted by Gasteiger charge is 2.27. The van der Waals surface area contributed by atoms with Crippen molar-refractivity contribution in [2.45, 2.75) is 44.1 Å². The first kappa shape index (κ1) is 13.9. The zero-order chi connectivity index (χ0) is 11.9. The van der Waals surface area contributed by atoms with Crippen LogP contribution in [0.1, 0.15) is 38.5 Å². The van der Waals surface area contributed by atoms with Gasteiger partial charge in [0.05, 0.1) is 25.4 Å². The standard InChI is InChI=1S/C12H25NO3/c14-8-12(9-15,10-16)13-7-6-11-4-2-1-3-5-11/h11,13-16H,1-10H2. The smallest absolute Gasteiger partial charge is 0.0881 e. The van der Waals surface area contributed by atoms with Crippen molar-refractivity contribution < 1.29 is 15.3 Å². The van der Waals surface area contributed by atoms with Crippen molar-refractivity contribution in [1.82, 2.24) is 5.32 Å². The monoisotopic (exact) mass is 231 g/mol. The summed E-state index contributed by atoms with van der Waals surface area (Å²) in [6.45, 7) is 0.0619. The number of hydrogen-bond acceptors (Lipinski definition) is 4. The number of nitrogens with one attached hydrogen (secondary N) is 1. The molecule has 1 rings (SSSR count). The van der Waals surface area contributed by atoms with Crippen molar-refractivity contribution in [3.63, 3.8) is 0 Å². The molecule has 0 heterocycles. The van der Waals surface area contributed by atoms with Gasteiger partial charge in [0.15, 0.2) is 0 Å². The van der Waals surface area contributed by atoms with E-state index in [1.807, 2.05) is 0 Å². The molecule has 0 spiro atoms. The van der Waals surface area contributed by atoms with E-state index in [-0.39, 0.29) is 19.8 Å². The van der Waals surface area contributed by atoms with Crippen LogP contribution < -0.4 is 5.32 Å². The van der Waals surface area contributed by atoms with Crippen LogP contribution in [0.2, 0.25) is 0 Å². The number of aliphatic hydroxyl groups excluding tert-OH is 3. The average Bonchev–Trinajstić information content (AvgIpc) is 2.37. The van der Waals surface area contributed by atoms with Gasteiger partial charge in [0.2, 0.25) is 0 Å². The Morgan fingerprint density at radius 2 is 1.50 bits per heavy atom. The summed E-state index contributed by atoms with van der Waals surface area (Å²) in [5.74, 6) is 0.773. The van der Waals surface area contributed by atoms with Crippen molar-refractivity contribution in [2.75, 3.05) is 26.4 Å². The highest BCUT2D eigenvalue weighted by Crippen LogP contribution is 2.25. The van der Waals surface area contributed by atoms with Crippen LogP contribution >= 0.6 is 0 Å². The van der Waals surface area contributed by atoms with Gasteiger partial charge in [-0.2, -0.15) is 0 Å². The summed E-state index contributed by atoms with van der Waals surface area (Å²) >= 11 is 0. The molecule has 1 aliphatic rings. The largest absolute Gasteiger partial charge is 0.394 e. The molecule has 0 bridgehead atoms. The van der Waals surface area contributed by atoms with Crippen molar-refractivity contribution in [1.29, 1.82) is 0 Å². The maximum Gasteiger partial charge on any atom is 0.0881 e. The van der Waals surface area contributed by atoms with Crippen molar-refractivity contribution >= 4 is 0 Å². The molecular weight excluding hydrogens is 206 g/mol. The second-order valence-corrected chi connectivity index (χ2v) is 4.97. The molecule has 0 atom stereocenters. The minimum Gasteiger partial charge on any atom is -0.394 e. The van der Waals surface area contributed by atoms with Gasteiger partial charge in [0.1, 0.15) is 0 Å². The molecule has 16 heavy (non-hydrogen) atoms. The van der Waals surface area contributed by atoms with Gasteiger partial charge in [0, 0.05) is 0 Å². The predicted octanol–water partition coefficient (Wildman–Crippen LogP) is 0.262. The van der Waals surface area contributed by atoms with E-state index in [1.54, 1.807) is 0 Å². The molecule has 0 aromatic rings. The summed E-state index contributed by atoms with van der Waals surface area (Å²) in [4.78, 5) is 0. The molecule has 4 N–H and O–H groups in total. The number of aliphatic hydroxyl groups is 3. The minimum absolute atomic E-state index is 0.231. The van der Waals surface area contributed by atoms with Gasteiger partial charge in [-0.05, 0) is 18.9 Å². The molecule has 0 amide bonds. The Morgan fingerprint density at radius 1 is 0.938 bits per heavy atom. The summed E-state index contributed by atoms with van der Waals surface area (Å²) < 4.78 is 0. The van der Waals surface area contributed by atoms with E-state index in [0.717, 1.165) is 18.9 Å². The number of hydrogen-bond donors (Lipinski definition) is 4. The van der Waals surface area contributed by atoms with E-state index in [2.05, 4.69) is 5.32 Å². The lowest BCUT2D eigenvalue weighted by atomic mass is 9.87. The molecule has 4 heteroatoms. The normalized spacial score (nSPS) is 18.9. The van der Waals surface area contributed by atoms with Gasteiger partial charge in [-0.25, -0.2) is 0 Å². The Morgan fingerprint density at radius 3 is 2.00 bits per heavy atom. The summed E-state index contributed by atoms with van der Waals surface area (Å²) in [5.41, 5.74) is -0.908. The summed E-state index contributed by atoms with van der Waals surface area (Å²) in [7, 11) is 0. The Bertz CT molecular complexity index is 169. The zero-order valence-electron chi connectivity index (χ0n) is 9.99. The zero-order valence-corrected chi connectivity index (χ0v) is 9.99. The van der Waals surface area contributed by atoms with E-state index in [4.69, 9.17) is 15.3 Å². The second-order valence-electron chi connectivity index (χ2n) is 4.97. The average molecular weight is 231 g/mol.